The standard InChI is InChI=1S/C21H28BrN3O2/c1-21(2,3)25-11-9-24(10-12-25)16-8-6-7-15(13-16)17-14-23(4)20(26)18(22)19(17)27-5/h6-8,13-14H,9-12H2,1-5H3. The molecule has 1 fully saturated rings. The molecule has 0 atom stereocenters. The SMILES string of the molecule is COc1c(-c2cccc(N3CCN(C(C)(C)C)CC3)c2)cn(C)c(=O)c1Br. The van der Waals surface area contributed by atoms with Crippen LogP contribution in [0.5, 0.6) is 5.75 Å². The van der Waals surface area contributed by atoms with Crippen LogP contribution >= 0.6 is 15.9 Å². The van der Waals surface area contributed by atoms with E-state index < -0.39 is 0 Å². The third kappa shape index (κ3) is 4.06. The highest BCUT2D eigenvalue weighted by Gasteiger charge is 2.26. The van der Waals surface area contributed by atoms with Gasteiger partial charge in [0, 0.05) is 56.2 Å². The Morgan fingerprint density at radius 3 is 2.37 bits per heavy atom. The van der Waals surface area contributed by atoms with Crippen LogP contribution in [0.3, 0.4) is 0 Å². The highest BCUT2D eigenvalue weighted by Crippen LogP contribution is 2.35. The van der Waals surface area contributed by atoms with Gasteiger partial charge < -0.3 is 14.2 Å². The van der Waals surface area contributed by atoms with Gasteiger partial charge in [-0.05, 0) is 54.4 Å². The molecule has 3 rings (SSSR count). The number of pyridine rings is 1. The third-order valence-corrected chi connectivity index (χ3v) is 5.93. The highest BCUT2D eigenvalue weighted by molar-refractivity contribution is 9.10. The molecular weight excluding hydrogens is 406 g/mol. The van der Waals surface area contributed by atoms with Crippen molar-refractivity contribution in [1.82, 2.24) is 9.47 Å². The zero-order valence-electron chi connectivity index (χ0n) is 16.8. The average Bonchev–Trinajstić information content (AvgIpc) is 2.65. The topological polar surface area (TPSA) is 37.7 Å². The third-order valence-electron chi connectivity index (χ3n) is 5.23. The predicted octanol–water partition coefficient (Wildman–Crippen LogP) is 3.74. The lowest BCUT2D eigenvalue weighted by molar-refractivity contribution is 0.128. The van der Waals surface area contributed by atoms with Crippen LogP contribution in [-0.4, -0.2) is 48.3 Å². The molecule has 1 aliphatic heterocycles. The lowest BCUT2D eigenvalue weighted by Gasteiger charge is -2.43. The van der Waals surface area contributed by atoms with Gasteiger partial charge in [-0.2, -0.15) is 0 Å². The Kier molecular flexibility index (Phi) is 5.68. The van der Waals surface area contributed by atoms with E-state index in [0.717, 1.165) is 37.3 Å². The minimum atomic E-state index is -0.106. The molecule has 1 aliphatic rings. The summed E-state index contributed by atoms with van der Waals surface area (Å²) < 4.78 is 7.56. The number of halogens is 1. The maximum Gasteiger partial charge on any atom is 0.268 e. The largest absolute Gasteiger partial charge is 0.495 e. The van der Waals surface area contributed by atoms with Gasteiger partial charge in [0.05, 0.1) is 7.11 Å². The van der Waals surface area contributed by atoms with E-state index in [-0.39, 0.29) is 11.1 Å². The summed E-state index contributed by atoms with van der Waals surface area (Å²) in [6.45, 7) is 10.9. The number of nitrogens with zero attached hydrogens (tertiary/aromatic N) is 3. The van der Waals surface area contributed by atoms with Gasteiger partial charge in [-0.25, -0.2) is 0 Å². The minimum Gasteiger partial charge on any atom is -0.495 e. The van der Waals surface area contributed by atoms with Crippen LogP contribution in [0.2, 0.25) is 0 Å². The number of anilines is 1. The summed E-state index contributed by atoms with van der Waals surface area (Å²) in [7, 11) is 3.35. The van der Waals surface area contributed by atoms with Gasteiger partial charge in [0.1, 0.15) is 10.2 Å². The summed E-state index contributed by atoms with van der Waals surface area (Å²) in [6, 6.07) is 8.46. The van der Waals surface area contributed by atoms with E-state index in [1.165, 1.54) is 5.69 Å². The van der Waals surface area contributed by atoms with E-state index in [4.69, 9.17) is 4.74 Å². The molecule has 146 valence electrons. The van der Waals surface area contributed by atoms with Crippen LogP contribution < -0.4 is 15.2 Å². The van der Waals surface area contributed by atoms with Gasteiger partial charge in [-0.1, -0.05) is 12.1 Å². The quantitative estimate of drug-likeness (QED) is 0.738. The molecule has 2 heterocycles. The fourth-order valence-electron chi connectivity index (χ4n) is 3.59. The lowest BCUT2D eigenvalue weighted by Crippen LogP contribution is -2.53. The maximum absolute atomic E-state index is 12.2. The van der Waals surface area contributed by atoms with E-state index >= 15 is 0 Å². The normalized spacial score (nSPS) is 15.9. The van der Waals surface area contributed by atoms with Crippen LogP contribution in [0.4, 0.5) is 5.69 Å². The van der Waals surface area contributed by atoms with E-state index in [0.29, 0.717) is 10.2 Å². The Morgan fingerprint density at radius 2 is 1.78 bits per heavy atom. The smallest absolute Gasteiger partial charge is 0.268 e. The van der Waals surface area contributed by atoms with Crippen molar-refractivity contribution in [3.05, 3.63) is 45.3 Å². The van der Waals surface area contributed by atoms with Gasteiger partial charge in [-0.15, -0.1) is 0 Å². The Hall–Kier alpha value is -1.79. The first kappa shape index (κ1) is 20.0. The average molecular weight is 434 g/mol. The summed E-state index contributed by atoms with van der Waals surface area (Å²) in [5, 5.41) is 0. The number of aryl methyl sites for hydroxylation is 1. The van der Waals surface area contributed by atoms with Crippen molar-refractivity contribution in [3.8, 4) is 16.9 Å². The van der Waals surface area contributed by atoms with Crippen LogP contribution in [0.1, 0.15) is 20.8 Å². The monoisotopic (exact) mass is 433 g/mol. The van der Waals surface area contributed by atoms with Crippen molar-refractivity contribution < 1.29 is 4.74 Å². The first-order valence-corrected chi connectivity index (χ1v) is 10.0. The number of rotatable bonds is 3. The van der Waals surface area contributed by atoms with Crippen molar-refractivity contribution in [2.45, 2.75) is 26.3 Å². The van der Waals surface area contributed by atoms with Crippen LogP contribution in [0.25, 0.3) is 11.1 Å². The molecule has 0 spiro atoms. The van der Waals surface area contributed by atoms with Gasteiger partial charge in [0.15, 0.2) is 0 Å². The zero-order chi connectivity index (χ0) is 19.8. The summed E-state index contributed by atoms with van der Waals surface area (Å²) in [4.78, 5) is 17.1. The number of hydrogen-bond donors (Lipinski definition) is 0. The highest BCUT2D eigenvalue weighted by atomic mass is 79.9. The van der Waals surface area contributed by atoms with Crippen molar-refractivity contribution in [3.63, 3.8) is 0 Å². The second-order valence-corrected chi connectivity index (χ2v) is 8.79. The first-order chi connectivity index (χ1) is 12.7. The van der Waals surface area contributed by atoms with Crippen molar-refractivity contribution >= 4 is 21.6 Å². The number of piperazine rings is 1. The Morgan fingerprint density at radius 1 is 1.11 bits per heavy atom. The maximum atomic E-state index is 12.2. The van der Waals surface area contributed by atoms with Crippen LogP contribution in [0, 0.1) is 0 Å². The van der Waals surface area contributed by atoms with E-state index in [2.05, 4.69) is 70.8 Å². The van der Waals surface area contributed by atoms with Crippen LogP contribution in [-0.2, 0) is 7.05 Å². The van der Waals surface area contributed by atoms with Crippen molar-refractivity contribution in [1.29, 1.82) is 0 Å². The molecule has 0 N–H and O–H groups in total. The Bertz CT molecular complexity index is 878. The molecule has 0 aliphatic carbocycles. The number of aromatic nitrogens is 1. The van der Waals surface area contributed by atoms with Crippen molar-refractivity contribution in [2.24, 2.45) is 7.05 Å². The van der Waals surface area contributed by atoms with Gasteiger partial charge >= 0.3 is 0 Å². The summed E-state index contributed by atoms with van der Waals surface area (Å²) >= 11 is 3.39. The van der Waals surface area contributed by atoms with E-state index in [1.54, 1.807) is 18.7 Å². The molecule has 6 heteroatoms. The van der Waals surface area contributed by atoms with Crippen molar-refractivity contribution in [2.75, 3.05) is 38.2 Å². The first-order valence-electron chi connectivity index (χ1n) is 9.26. The van der Waals surface area contributed by atoms with Gasteiger partial charge in [-0.3, -0.25) is 9.69 Å². The van der Waals surface area contributed by atoms with Gasteiger partial charge in [0.2, 0.25) is 0 Å². The zero-order valence-corrected chi connectivity index (χ0v) is 18.3. The molecule has 1 saturated heterocycles. The molecule has 1 aromatic carbocycles. The lowest BCUT2D eigenvalue weighted by atomic mass is 10.0. The molecule has 27 heavy (non-hydrogen) atoms. The fraction of sp³-hybridized carbons (Fsp3) is 0.476. The second-order valence-electron chi connectivity index (χ2n) is 8.00. The summed E-state index contributed by atoms with van der Waals surface area (Å²) in [5.41, 5.74) is 3.25. The molecule has 2 aromatic rings. The number of ether oxygens (including phenoxy) is 1. The number of hydrogen-bond acceptors (Lipinski definition) is 4. The van der Waals surface area contributed by atoms with Crippen LogP contribution in [0.15, 0.2) is 39.7 Å². The summed E-state index contributed by atoms with van der Waals surface area (Å²) in [5.74, 6) is 0.577. The fourth-order valence-corrected chi connectivity index (χ4v) is 4.25. The molecule has 0 saturated carbocycles. The molecule has 1 aromatic heterocycles. The molecule has 0 radical (unpaired) electrons. The Labute approximate surface area is 169 Å². The number of benzene rings is 1. The Balaban J connectivity index is 1.91. The summed E-state index contributed by atoms with van der Waals surface area (Å²) in [6.07, 6.45) is 1.84. The molecule has 0 unspecified atom stereocenters. The van der Waals surface area contributed by atoms with E-state index in [9.17, 15) is 4.79 Å². The molecule has 0 bridgehead atoms. The molecule has 5 nitrogen and oxygen atoms in total. The minimum absolute atomic E-state index is 0.106. The molecule has 0 amide bonds. The predicted molar refractivity (Wildman–Crippen MR) is 115 cm³/mol. The van der Waals surface area contributed by atoms with E-state index in [1.807, 2.05) is 6.20 Å². The second kappa shape index (κ2) is 7.68. The van der Waals surface area contributed by atoms with Gasteiger partial charge in [0.25, 0.3) is 5.56 Å². The molecular formula is C21H28BrN3O2. The number of methoxy groups -OCH3 is 1.